The number of ether oxygens (including phenoxy) is 2. The molecule has 6 nitrogen and oxygen atoms in total. The Hall–Kier alpha value is -2.15. The van der Waals surface area contributed by atoms with Crippen LogP contribution < -0.4 is 9.47 Å². The second kappa shape index (κ2) is 7.92. The Bertz CT molecular complexity index is 646. The number of amides is 1. The molecule has 0 saturated carbocycles. The van der Waals surface area contributed by atoms with Crippen molar-refractivity contribution >= 4 is 17.8 Å². The molecule has 0 atom stereocenters. The van der Waals surface area contributed by atoms with Crippen molar-refractivity contribution in [3.63, 3.8) is 0 Å². The van der Waals surface area contributed by atoms with E-state index in [1.54, 1.807) is 25.3 Å². The number of hydrogen-bond donors (Lipinski definition) is 0. The zero-order valence-electron chi connectivity index (χ0n) is 13.8. The van der Waals surface area contributed by atoms with Crippen molar-refractivity contribution in [2.45, 2.75) is 23.8 Å². The maximum Gasteiger partial charge on any atom is 0.344 e. The smallest absolute Gasteiger partial charge is 0.344 e. The van der Waals surface area contributed by atoms with E-state index in [4.69, 9.17) is 9.47 Å². The molecule has 0 aliphatic carbocycles. The fourth-order valence-corrected chi connectivity index (χ4v) is 2.92. The van der Waals surface area contributed by atoms with Crippen LogP contribution >= 0.6 is 11.8 Å². The molecule has 0 saturated heterocycles. The second-order valence-corrected chi connectivity index (χ2v) is 5.80. The Morgan fingerprint density at radius 1 is 1.17 bits per heavy atom. The zero-order valence-corrected chi connectivity index (χ0v) is 14.6. The molecule has 0 radical (unpaired) electrons. The summed E-state index contributed by atoms with van der Waals surface area (Å²) in [6.45, 7) is 5.21. The molecule has 7 heteroatoms. The number of benzene rings is 1. The lowest BCUT2D eigenvalue weighted by Gasteiger charge is -2.17. The minimum Gasteiger partial charge on any atom is -0.497 e. The van der Waals surface area contributed by atoms with Crippen molar-refractivity contribution < 1.29 is 14.3 Å². The molecule has 1 heterocycles. The third-order valence-corrected chi connectivity index (χ3v) is 4.24. The van der Waals surface area contributed by atoms with Gasteiger partial charge in [-0.25, -0.2) is 4.79 Å². The van der Waals surface area contributed by atoms with Crippen molar-refractivity contribution in [3.8, 4) is 11.5 Å². The topological polar surface area (TPSA) is 56.6 Å². The first-order valence-corrected chi connectivity index (χ1v) is 8.18. The van der Waals surface area contributed by atoms with Crippen molar-refractivity contribution in [1.82, 2.24) is 14.7 Å². The van der Waals surface area contributed by atoms with Gasteiger partial charge in [-0.2, -0.15) is 9.78 Å². The van der Waals surface area contributed by atoms with Gasteiger partial charge in [-0.3, -0.25) is 0 Å². The predicted molar refractivity (Wildman–Crippen MR) is 89.6 cm³/mol. The molecule has 0 aliphatic heterocycles. The van der Waals surface area contributed by atoms with Gasteiger partial charge in [0.1, 0.15) is 16.5 Å². The molecule has 1 amide bonds. The standard InChI is InChI=1S/C16H21N3O3S/c1-5-18(6-2)16(20)19-8-7-15(17-19)23-14-10-12(21-3)9-13(11-14)22-4/h7-11H,5-6H2,1-4H3. The van der Waals surface area contributed by atoms with Crippen LogP contribution in [0.3, 0.4) is 0 Å². The van der Waals surface area contributed by atoms with Gasteiger partial charge in [0.15, 0.2) is 0 Å². The third kappa shape index (κ3) is 4.19. The molecule has 0 bridgehead atoms. The summed E-state index contributed by atoms with van der Waals surface area (Å²) >= 11 is 1.45. The Morgan fingerprint density at radius 2 is 1.78 bits per heavy atom. The third-order valence-electron chi connectivity index (χ3n) is 3.34. The van der Waals surface area contributed by atoms with Gasteiger partial charge in [0.05, 0.1) is 14.2 Å². The monoisotopic (exact) mass is 335 g/mol. The summed E-state index contributed by atoms with van der Waals surface area (Å²) in [4.78, 5) is 14.9. The van der Waals surface area contributed by atoms with Gasteiger partial charge in [-0.1, -0.05) is 11.8 Å². The summed E-state index contributed by atoms with van der Waals surface area (Å²) in [5.41, 5.74) is 0. The second-order valence-electron chi connectivity index (χ2n) is 4.70. The highest BCUT2D eigenvalue weighted by atomic mass is 32.2. The van der Waals surface area contributed by atoms with Crippen molar-refractivity contribution in [2.24, 2.45) is 0 Å². The van der Waals surface area contributed by atoms with Crippen LogP contribution in [0, 0.1) is 0 Å². The average Bonchev–Trinajstić information content (AvgIpc) is 3.03. The molecule has 0 unspecified atom stereocenters. The molecule has 1 aromatic carbocycles. The quantitative estimate of drug-likeness (QED) is 0.810. The number of nitrogens with zero attached hydrogens (tertiary/aromatic N) is 3. The Kier molecular flexibility index (Phi) is 5.92. The van der Waals surface area contributed by atoms with Gasteiger partial charge >= 0.3 is 6.03 Å². The first-order chi connectivity index (χ1) is 11.1. The van der Waals surface area contributed by atoms with Crippen LogP contribution in [0.2, 0.25) is 0 Å². The zero-order chi connectivity index (χ0) is 16.8. The normalized spacial score (nSPS) is 10.4. The van der Waals surface area contributed by atoms with Crippen LogP contribution in [0.1, 0.15) is 13.8 Å². The lowest BCUT2D eigenvalue weighted by Crippen LogP contribution is -2.34. The molecule has 0 aliphatic rings. The van der Waals surface area contributed by atoms with E-state index in [0.717, 1.165) is 9.92 Å². The fourth-order valence-electron chi connectivity index (χ4n) is 2.07. The van der Waals surface area contributed by atoms with E-state index in [2.05, 4.69) is 5.10 Å². The average molecular weight is 335 g/mol. The Labute approximate surface area is 140 Å². The van der Waals surface area contributed by atoms with Gasteiger partial charge in [0.2, 0.25) is 0 Å². The van der Waals surface area contributed by atoms with E-state index >= 15 is 0 Å². The summed E-state index contributed by atoms with van der Waals surface area (Å²) < 4.78 is 11.9. The molecule has 1 aromatic heterocycles. The molecule has 2 aromatic rings. The van der Waals surface area contributed by atoms with Crippen molar-refractivity contribution in [1.29, 1.82) is 0 Å². The Morgan fingerprint density at radius 3 is 2.30 bits per heavy atom. The fraction of sp³-hybridized carbons (Fsp3) is 0.375. The van der Waals surface area contributed by atoms with E-state index < -0.39 is 0 Å². The van der Waals surface area contributed by atoms with E-state index in [9.17, 15) is 4.79 Å². The van der Waals surface area contributed by atoms with E-state index in [-0.39, 0.29) is 6.03 Å². The molecule has 0 spiro atoms. The van der Waals surface area contributed by atoms with Crippen LogP contribution in [0.5, 0.6) is 11.5 Å². The lowest BCUT2D eigenvalue weighted by molar-refractivity contribution is 0.201. The highest BCUT2D eigenvalue weighted by molar-refractivity contribution is 7.99. The van der Waals surface area contributed by atoms with Gasteiger partial charge in [-0.15, -0.1) is 0 Å². The van der Waals surface area contributed by atoms with Gasteiger partial charge in [0.25, 0.3) is 0 Å². The van der Waals surface area contributed by atoms with Crippen molar-refractivity contribution in [3.05, 3.63) is 30.5 Å². The maximum atomic E-state index is 12.3. The summed E-state index contributed by atoms with van der Waals surface area (Å²) in [6, 6.07) is 7.31. The van der Waals surface area contributed by atoms with Crippen molar-refractivity contribution in [2.75, 3.05) is 27.3 Å². The maximum absolute atomic E-state index is 12.3. The molecule has 0 fully saturated rings. The van der Waals surface area contributed by atoms with E-state index in [1.165, 1.54) is 16.4 Å². The van der Waals surface area contributed by atoms with Crippen LogP contribution in [0.4, 0.5) is 4.79 Å². The Balaban J connectivity index is 2.17. The lowest BCUT2D eigenvalue weighted by atomic mass is 10.3. The summed E-state index contributed by atoms with van der Waals surface area (Å²) in [7, 11) is 3.22. The largest absolute Gasteiger partial charge is 0.497 e. The first kappa shape index (κ1) is 17.2. The van der Waals surface area contributed by atoms with Gasteiger partial charge in [-0.05, 0) is 32.0 Å². The number of aromatic nitrogens is 2. The summed E-state index contributed by atoms with van der Waals surface area (Å²) in [5, 5.41) is 5.08. The van der Waals surface area contributed by atoms with Crippen LogP contribution in [0.25, 0.3) is 0 Å². The highest BCUT2D eigenvalue weighted by Gasteiger charge is 2.14. The summed E-state index contributed by atoms with van der Waals surface area (Å²) in [5.74, 6) is 1.43. The van der Waals surface area contributed by atoms with Crippen LogP contribution in [-0.2, 0) is 0 Å². The van der Waals surface area contributed by atoms with Gasteiger partial charge in [0, 0.05) is 30.2 Å². The summed E-state index contributed by atoms with van der Waals surface area (Å²) in [6.07, 6.45) is 1.68. The molecular weight excluding hydrogens is 314 g/mol. The SMILES string of the molecule is CCN(CC)C(=O)n1ccc(Sc2cc(OC)cc(OC)c2)n1. The molecular formula is C16H21N3O3S. The number of methoxy groups -OCH3 is 2. The van der Waals surface area contributed by atoms with E-state index in [0.29, 0.717) is 24.6 Å². The highest BCUT2D eigenvalue weighted by Crippen LogP contribution is 2.32. The molecule has 0 N–H and O–H groups in total. The minimum atomic E-state index is -0.120. The molecule has 124 valence electrons. The van der Waals surface area contributed by atoms with Gasteiger partial charge < -0.3 is 14.4 Å². The van der Waals surface area contributed by atoms with Crippen LogP contribution in [-0.4, -0.2) is 48.0 Å². The molecule has 2 rings (SSSR count). The minimum absolute atomic E-state index is 0.120. The molecule has 23 heavy (non-hydrogen) atoms. The first-order valence-electron chi connectivity index (χ1n) is 7.37. The number of carbonyl (C=O) groups excluding carboxylic acids is 1. The van der Waals surface area contributed by atoms with E-state index in [1.807, 2.05) is 38.1 Å². The predicted octanol–water partition coefficient (Wildman–Crippen LogP) is 3.36. The number of rotatable bonds is 6. The number of carbonyl (C=O) groups is 1. The van der Waals surface area contributed by atoms with Crippen LogP contribution in [0.15, 0.2) is 40.4 Å². The number of hydrogen-bond acceptors (Lipinski definition) is 5.